The molecule has 0 saturated heterocycles. The van der Waals surface area contributed by atoms with Gasteiger partial charge in [-0.05, 0) is 24.6 Å². The second-order valence-corrected chi connectivity index (χ2v) is 2.65. The molecule has 13 heavy (non-hydrogen) atoms. The minimum absolute atomic E-state index is 0.323. The van der Waals surface area contributed by atoms with Crippen molar-refractivity contribution in [2.24, 2.45) is 5.73 Å². The molecule has 0 amide bonds. The molecule has 0 aliphatic carbocycles. The van der Waals surface area contributed by atoms with Crippen molar-refractivity contribution in [1.82, 2.24) is 0 Å². The van der Waals surface area contributed by atoms with Gasteiger partial charge in [-0.1, -0.05) is 18.1 Å². The number of hydrogen-bond acceptors (Lipinski definition) is 2. The standard InChI is InChI=1S/C11H13NO/c1-3-11(12)9-5-7-10(8-6-9)13-4-2/h1,5-8,11H,4,12H2,2H3. The Hall–Kier alpha value is -1.46. The lowest BCUT2D eigenvalue weighted by Gasteiger charge is -2.06. The van der Waals surface area contributed by atoms with Gasteiger partial charge in [0.1, 0.15) is 5.75 Å². The maximum atomic E-state index is 5.64. The van der Waals surface area contributed by atoms with Crippen molar-refractivity contribution < 1.29 is 4.74 Å². The van der Waals surface area contributed by atoms with E-state index in [1.165, 1.54) is 0 Å². The molecule has 0 saturated carbocycles. The van der Waals surface area contributed by atoms with Crippen molar-refractivity contribution in [3.63, 3.8) is 0 Å². The van der Waals surface area contributed by atoms with Crippen molar-refractivity contribution in [2.45, 2.75) is 13.0 Å². The highest BCUT2D eigenvalue weighted by Crippen LogP contribution is 2.15. The van der Waals surface area contributed by atoms with Gasteiger partial charge in [0.05, 0.1) is 12.6 Å². The summed E-state index contributed by atoms with van der Waals surface area (Å²) in [6.45, 7) is 2.61. The number of hydrogen-bond donors (Lipinski definition) is 1. The third-order valence-corrected chi connectivity index (χ3v) is 1.73. The molecule has 1 unspecified atom stereocenters. The Labute approximate surface area is 78.7 Å². The Bertz CT molecular complexity index is 297. The zero-order valence-electron chi connectivity index (χ0n) is 7.66. The monoisotopic (exact) mass is 175 g/mol. The third kappa shape index (κ3) is 2.50. The largest absolute Gasteiger partial charge is 0.494 e. The Kier molecular flexibility index (Phi) is 3.36. The van der Waals surface area contributed by atoms with Gasteiger partial charge in [-0.25, -0.2) is 0 Å². The molecular formula is C11H13NO. The van der Waals surface area contributed by atoms with Gasteiger partial charge in [-0.3, -0.25) is 0 Å². The quantitative estimate of drug-likeness (QED) is 0.710. The van der Waals surface area contributed by atoms with E-state index in [4.69, 9.17) is 16.9 Å². The van der Waals surface area contributed by atoms with Crippen LogP contribution in [0.5, 0.6) is 5.75 Å². The Morgan fingerprint density at radius 1 is 1.46 bits per heavy atom. The predicted molar refractivity (Wildman–Crippen MR) is 53.4 cm³/mol. The van der Waals surface area contributed by atoms with E-state index in [9.17, 15) is 0 Å². The summed E-state index contributed by atoms with van der Waals surface area (Å²) in [5, 5.41) is 0. The highest BCUT2D eigenvalue weighted by molar-refractivity contribution is 5.31. The molecule has 0 radical (unpaired) electrons. The van der Waals surface area contributed by atoms with E-state index < -0.39 is 0 Å². The number of rotatable bonds is 3. The van der Waals surface area contributed by atoms with Crippen LogP contribution in [0.4, 0.5) is 0 Å². The van der Waals surface area contributed by atoms with Crippen LogP contribution in [0.2, 0.25) is 0 Å². The molecule has 0 heterocycles. The number of ether oxygens (including phenoxy) is 1. The van der Waals surface area contributed by atoms with Gasteiger partial charge in [-0.2, -0.15) is 0 Å². The van der Waals surface area contributed by atoms with Gasteiger partial charge in [0, 0.05) is 0 Å². The van der Waals surface area contributed by atoms with Crippen molar-refractivity contribution in [3.8, 4) is 18.1 Å². The molecule has 68 valence electrons. The van der Waals surface area contributed by atoms with E-state index in [0.29, 0.717) is 6.61 Å². The number of benzene rings is 1. The molecule has 0 spiro atoms. The highest BCUT2D eigenvalue weighted by Gasteiger charge is 2.00. The summed E-state index contributed by atoms with van der Waals surface area (Å²) >= 11 is 0. The van der Waals surface area contributed by atoms with Crippen LogP contribution in [0.15, 0.2) is 24.3 Å². The minimum atomic E-state index is -0.323. The van der Waals surface area contributed by atoms with Gasteiger partial charge >= 0.3 is 0 Å². The Morgan fingerprint density at radius 3 is 2.54 bits per heavy atom. The molecule has 1 rings (SSSR count). The molecule has 0 aliphatic heterocycles. The zero-order chi connectivity index (χ0) is 9.68. The van der Waals surface area contributed by atoms with Gasteiger partial charge in [0.15, 0.2) is 0 Å². The average molecular weight is 175 g/mol. The first-order valence-corrected chi connectivity index (χ1v) is 4.22. The van der Waals surface area contributed by atoms with Crippen LogP contribution in [-0.2, 0) is 0 Å². The summed E-state index contributed by atoms with van der Waals surface area (Å²) in [4.78, 5) is 0. The fourth-order valence-corrected chi connectivity index (χ4v) is 1.03. The minimum Gasteiger partial charge on any atom is -0.494 e. The smallest absolute Gasteiger partial charge is 0.119 e. The lowest BCUT2D eigenvalue weighted by molar-refractivity contribution is 0.340. The lowest BCUT2D eigenvalue weighted by atomic mass is 10.1. The van der Waals surface area contributed by atoms with E-state index >= 15 is 0 Å². The Morgan fingerprint density at radius 2 is 2.08 bits per heavy atom. The molecule has 2 heteroatoms. The van der Waals surface area contributed by atoms with Crippen LogP contribution in [0.3, 0.4) is 0 Å². The highest BCUT2D eigenvalue weighted by atomic mass is 16.5. The van der Waals surface area contributed by atoms with Crippen molar-refractivity contribution in [2.75, 3.05) is 6.61 Å². The van der Waals surface area contributed by atoms with Gasteiger partial charge in [-0.15, -0.1) is 6.42 Å². The lowest BCUT2D eigenvalue weighted by Crippen LogP contribution is -2.06. The second kappa shape index (κ2) is 4.54. The molecule has 0 fully saturated rings. The van der Waals surface area contributed by atoms with Gasteiger partial charge in [0.2, 0.25) is 0 Å². The maximum absolute atomic E-state index is 5.64. The first-order valence-electron chi connectivity index (χ1n) is 4.22. The van der Waals surface area contributed by atoms with Crippen molar-refractivity contribution in [1.29, 1.82) is 0 Å². The molecular weight excluding hydrogens is 162 g/mol. The van der Waals surface area contributed by atoms with E-state index in [0.717, 1.165) is 11.3 Å². The summed E-state index contributed by atoms with van der Waals surface area (Å²) < 4.78 is 5.28. The summed E-state index contributed by atoms with van der Waals surface area (Å²) in [5.74, 6) is 3.31. The summed E-state index contributed by atoms with van der Waals surface area (Å²) in [6, 6.07) is 7.19. The van der Waals surface area contributed by atoms with Crippen LogP contribution in [0, 0.1) is 12.3 Å². The van der Waals surface area contributed by atoms with E-state index in [-0.39, 0.29) is 6.04 Å². The van der Waals surface area contributed by atoms with Crippen molar-refractivity contribution in [3.05, 3.63) is 29.8 Å². The predicted octanol–water partition coefficient (Wildman–Crippen LogP) is 1.72. The first-order chi connectivity index (χ1) is 6.27. The number of nitrogens with two attached hydrogens (primary N) is 1. The molecule has 0 bridgehead atoms. The van der Waals surface area contributed by atoms with Gasteiger partial charge < -0.3 is 10.5 Å². The second-order valence-electron chi connectivity index (χ2n) is 2.65. The zero-order valence-corrected chi connectivity index (χ0v) is 7.66. The topological polar surface area (TPSA) is 35.2 Å². The van der Waals surface area contributed by atoms with Crippen LogP contribution < -0.4 is 10.5 Å². The van der Waals surface area contributed by atoms with Crippen LogP contribution in [0.1, 0.15) is 18.5 Å². The summed E-state index contributed by atoms with van der Waals surface area (Å²) in [6.07, 6.45) is 5.19. The molecule has 2 nitrogen and oxygen atoms in total. The molecule has 1 aromatic carbocycles. The molecule has 1 aromatic rings. The van der Waals surface area contributed by atoms with Crippen LogP contribution in [0.25, 0.3) is 0 Å². The Balaban J connectivity index is 2.76. The van der Waals surface area contributed by atoms with Crippen LogP contribution >= 0.6 is 0 Å². The fourth-order valence-electron chi connectivity index (χ4n) is 1.03. The SMILES string of the molecule is C#CC(N)c1ccc(OCC)cc1. The molecule has 0 aromatic heterocycles. The summed E-state index contributed by atoms with van der Waals surface area (Å²) in [5.41, 5.74) is 6.58. The van der Waals surface area contributed by atoms with Gasteiger partial charge in [0.25, 0.3) is 0 Å². The number of terminal acetylenes is 1. The molecule has 0 aliphatic rings. The van der Waals surface area contributed by atoms with Crippen LogP contribution in [-0.4, -0.2) is 6.61 Å². The molecule has 2 N–H and O–H groups in total. The van der Waals surface area contributed by atoms with E-state index in [2.05, 4.69) is 5.92 Å². The third-order valence-electron chi connectivity index (χ3n) is 1.73. The normalized spacial score (nSPS) is 11.8. The fraction of sp³-hybridized carbons (Fsp3) is 0.273. The molecule has 1 atom stereocenters. The summed E-state index contributed by atoms with van der Waals surface area (Å²) in [7, 11) is 0. The first kappa shape index (κ1) is 9.63. The van der Waals surface area contributed by atoms with E-state index in [1.54, 1.807) is 0 Å². The van der Waals surface area contributed by atoms with E-state index in [1.807, 2.05) is 31.2 Å². The average Bonchev–Trinajstić information content (AvgIpc) is 2.18. The van der Waals surface area contributed by atoms with Crippen molar-refractivity contribution >= 4 is 0 Å². The maximum Gasteiger partial charge on any atom is 0.119 e.